The Morgan fingerprint density at radius 2 is 1.71 bits per heavy atom. The lowest BCUT2D eigenvalue weighted by atomic mass is 10.0. The number of amides is 3. The van der Waals surface area contributed by atoms with Crippen molar-refractivity contribution in [1.29, 1.82) is 0 Å². The molecule has 8 nitrogen and oxygen atoms in total. The molecule has 0 aliphatic carbocycles. The van der Waals surface area contributed by atoms with Gasteiger partial charge in [-0.2, -0.15) is 0 Å². The fraction of sp³-hybridized carbons (Fsp3) is 0.550. The van der Waals surface area contributed by atoms with Crippen LogP contribution in [-0.4, -0.2) is 52.6 Å². The number of nitrogens with one attached hydrogen (secondary N) is 2. The number of aromatic hydroxyl groups is 1. The van der Waals surface area contributed by atoms with Crippen molar-refractivity contribution in [3.8, 4) is 5.75 Å². The second-order valence-electron chi connectivity index (χ2n) is 7.69. The second-order valence-corrected chi connectivity index (χ2v) is 7.69. The highest BCUT2D eigenvalue weighted by Crippen LogP contribution is 2.23. The fourth-order valence-electron chi connectivity index (χ4n) is 2.56. The Hall–Kier alpha value is -2.77. The summed E-state index contributed by atoms with van der Waals surface area (Å²) in [5.74, 6) is -0.703. The number of benzene rings is 1. The first-order chi connectivity index (χ1) is 12.9. The highest BCUT2D eigenvalue weighted by Gasteiger charge is 2.31. The van der Waals surface area contributed by atoms with Gasteiger partial charge in [0.15, 0.2) is 0 Å². The summed E-state index contributed by atoms with van der Waals surface area (Å²) < 4.78 is 5.13. The standard InChI is InChI=1S/C20H31N3O5/c1-7-23(16(25)12-21-19(27)28-20(4,5)6)17(18(26)22-13(2)3)14-8-10-15(24)11-9-14/h8-11,13,17,24H,7,12H2,1-6H3,(H,21,27)(H,22,26). The Bertz CT molecular complexity index is 680. The van der Waals surface area contributed by atoms with Gasteiger partial charge in [-0.1, -0.05) is 12.1 Å². The maximum absolute atomic E-state index is 12.8. The van der Waals surface area contributed by atoms with Crippen LogP contribution in [-0.2, 0) is 14.3 Å². The van der Waals surface area contributed by atoms with Crippen LogP contribution >= 0.6 is 0 Å². The Morgan fingerprint density at radius 1 is 1.14 bits per heavy atom. The quantitative estimate of drug-likeness (QED) is 0.659. The number of carbonyl (C=O) groups is 3. The number of alkyl carbamates (subject to hydrolysis) is 1. The van der Waals surface area contributed by atoms with E-state index >= 15 is 0 Å². The highest BCUT2D eigenvalue weighted by atomic mass is 16.6. The molecule has 1 aromatic rings. The molecule has 0 fully saturated rings. The third kappa shape index (κ3) is 7.46. The van der Waals surface area contributed by atoms with Crippen molar-refractivity contribution in [1.82, 2.24) is 15.5 Å². The van der Waals surface area contributed by atoms with E-state index in [-0.39, 0.29) is 30.8 Å². The molecule has 3 amide bonds. The summed E-state index contributed by atoms with van der Waals surface area (Å²) in [5, 5.41) is 14.8. The van der Waals surface area contributed by atoms with Crippen LogP contribution in [0.15, 0.2) is 24.3 Å². The number of phenols is 1. The van der Waals surface area contributed by atoms with Crippen molar-refractivity contribution in [2.24, 2.45) is 0 Å². The van der Waals surface area contributed by atoms with Crippen molar-refractivity contribution in [3.05, 3.63) is 29.8 Å². The summed E-state index contributed by atoms with van der Waals surface area (Å²) in [6.45, 7) is 10.5. The molecule has 3 N–H and O–H groups in total. The maximum Gasteiger partial charge on any atom is 0.408 e. The Balaban J connectivity index is 3.01. The van der Waals surface area contributed by atoms with Crippen LogP contribution in [0.1, 0.15) is 53.1 Å². The summed E-state index contributed by atoms with van der Waals surface area (Å²) in [4.78, 5) is 38.7. The van der Waals surface area contributed by atoms with Crippen LogP contribution in [0.3, 0.4) is 0 Å². The van der Waals surface area contributed by atoms with Gasteiger partial charge in [0, 0.05) is 12.6 Å². The van der Waals surface area contributed by atoms with Crippen molar-refractivity contribution < 1.29 is 24.2 Å². The Morgan fingerprint density at radius 3 is 2.18 bits per heavy atom. The van der Waals surface area contributed by atoms with Crippen LogP contribution in [0.4, 0.5) is 4.79 Å². The van der Waals surface area contributed by atoms with Gasteiger partial charge in [0.1, 0.15) is 23.9 Å². The first-order valence-electron chi connectivity index (χ1n) is 9.30. The smallest absolute Gasteiger partial charge is 0.408 e. The molecule has 0 saturated carbocycles. The predicted molar refractivity (Wildman–Crippen MR) is 106 cm³/mol. The number of nitrogens with zero attached hydrogens (tertiary/aromatic N) is 1. The molecule has 0 aliphatic rings. The Labute approximate surface area is 166 Å². The molecule has 0 bridgehead atoms. The molecule has 1 unspecified atom stereocenters. The lowest BCUT2D eigenvalue weighted by Crippen LogP contribution is -2.48. The van der Waals surface area contributed by atoms with E-state index in [0.717, 1.165) is 0 Å². The van der Waals surface area contributed by atoms with Gasteiger partial charge in [-0.3, -0.25) is 9.59 Å². The summed E-state index contributed by atoms with van der Waals surface area (Å²) >= 11 is 0. The molecule has 0 heterocycles. The SMILES string of the molecule is CCN(C(=O)CNC(=O)OC(C)(C)C)C(C(=O)NC(C)C)c1ccc(O)cc1. The summed E-state index contributed by atoms with van der Waals surface area (Å²) in [6.07, 6.45) is -0.704. The topological polar surface area (TPSA) is 108 Å². The second kappa shape index (κ2) is 9.96. The molecular formula is C20H31N3O5. The molecule has 1 rings (SSSR count). The Kier molecular flexibility index (Phi) is 8.28. The number of rotatable bonds is 7. The third-order valence-electron chi connectivity index (χ3n) is 3.64. The normalized spacial score (nSPS) is 12.2. The molecule has 156 valence electrons. The average molecular weight is 393 g/mol. The zero-order valence-corrected chi connectivity index (χ0v) is 17.4. The number of ether oxygens (including phenoxy) is 1. The largest absolute Gasteiger partial charge is 0.508 e. The van der Waals surface area contributed by atoms with E-state index in [4.69, 9.17) is 4.74 Å². The summed E-state index contributed by atoms with van der Waals surface area (Å²) in [6, 6.07) is 5.11. The lowest BCUT2D eigenvalue weighted by Gasteiger charge is -2.31. The van der Waals surface area contributed by atoms with E-state index in [0.29, 0.717) is 5.56 Å². The zero-order valence-electron chi connectivity index (χ0n) is 17.4. The van der Waals surface area contributed by atoms with Gasteiger partial charge < -0.3 is 25.4 Å². The van der Waals surface area contributed by atoms with E-state index in [9.17, 15) is 19.5 Å². The van der Waals surface area contributed by atoms with Gasteiger partial charge in [0.05, 0.1) is 0 Å². The van der Waals surface area contributed by atoms with E-state index in [1.807, 2.05) is 13.8 Å². The van der Waals surface area contributed by atoms with Gasteiger partial charge in [-0.05, 0) is 59.2 Å². The molecule has 0 saturated heterocycles. The van der Waals surface area contributed by atoms with Crippen LogP contribution in [0, 0.1) is 0 Å². The molecule has 0 aromatic heterocycles. The maximum atomic E-state index is 12.8. The van der Waals surface area contributed by atoms with E-state index < -0.39 is 23.6 Å². The summed E-state index contributed by atoms with van der Waals surface area (Å²) in [5.41, 5.74) is -0.119. The third-order valence-corrected chi connectivity index (χ3v) is 3.64. The van der Waals surface area contributed by atoms with Crippen LogP contribution in [0.25, 0.3) is 0 Å². The van der Waals surface area contributed by atoms with E-state index in [1.54, 1.807) is 39.8 Å². The average Bonchev–Trinajstić information content (AvgIpc) is 2.56. The predicted octanol–water partition coefficient (Wildman–Crippen LogP) is 2.33. The van der Waals surface area contributed by atoms with Crippen LogP contribution in [0.2, 0.25) is 0 Å². The molecule has 0 aliphatic heterocycles. The molecule has 1 atom stereocenters. The number of carbonyl (C=O) groups excluding carboxylic acids is 3. The minimum absolute atomic E-state index is 0.0627. The fourth-order valence-corrected chi connectivity index (χ4v) is 2.56. The number of hydrogen-bond donors (Lipinski definition) is 3. The van der Waals surface area contributed by atoms with Gasteiger partial charge in [-0.25, -0.2) is 4.79 Å². The van der Waals surface area contributed by atoms with Crippen molar-refractivity contribution >= 4 is 17.9 Å². The first kappa shape index (κ1) is 23.3. The first-order valence-corrected chi connectivity index (χ1v) is 9.30. The van der Waals surface area contributed by atoms with Gasteiger partial charge in [0.2, 0.25) is 11.8 Å². The zero-order chi connectivity index (χ0) is 21.5. The highest BCUT2D eigenvalue weighted by molar-refractivity contribution is 5.90. The lowest BCUT2D eigenvalue weighted by molar-refractivity contribution is -0.140. The monoisotopic (exact) mass is 393 g/mol. The summed E-state index contributed by atoms with van der Waals surface area (Å²) in [7, 11) is 0. The molecule has 0 spiro atoms. The molecule has 28 heavy (non-hydrogen) atoms. The van der Waals surface area contributed by atoms with E-state index in [1.165, 1.54) is 17.0 Å². The minimum Gasteiger partial charge on any atom is -0.508 e. The van der Waals surface area contributed by atoms with E-state index in [2.05, 4.69) is 10.6 Å². The minimum atomic E-state index is -0.888. The number of likely N-dealkylation sites (N-methyl/N-ethyl adjacent to an activating group) is 1. The van der Waals surface area contributed by atoms with Crippen molar-refractivity contribution in [3.63, 3.8) is 0 Å². The molecular weight excluding hydrogens is 362 g/mol. The van der Waals surface area contributed by atoms with Gasteiger partial charge in [-0.15, -0.1) is 0 Å². The molecule has 1 aromatic carbocycles. The number of phenolic OH excluding ortho intramolecular Hbond substituents is 1. The van der Waals surface area contributed by atoms with Crippen LogP contribution in [0.5, 0.6) is 5.75 Å². The molecule has 8 heteroatoms. The molecule has 0 radical (unpaired) electrons. The van der Waals surface area contributed by atoms with Crippen LogP contribution < -0.4 is 10.6 Å². The van der Waals surface area contributed by atoms with Crippen molar-refractivity contribution in [2.75, 3.05) is 13.1 Å². The number of hydrogen-bond acceptors (Lipinski definition) is 5. The van der Waals surface area contributed by atoms with Gasteiger partial charge >= 0.3 is 6.09 Å². The van der Waals surface area contributed by atoms with Gasteiger partial charge in [0.25, 0.3) is 0 Å². The van der Waals surface area contributed by atoms with Crippen molar-refractivity contribution in [2.45, 2.75) is 59.2 Å².